The van der Waals surface area contributed by atoms with Crippen molar-refractivity contribution in [3.8, 4) is 0 Å². The van der Waals surface area contributed by atoms with Crippen LogP contribution in [0.3, 0.4) is 0 Å². The van der Waals surface area contributed by atoms with Crippen LogP contribution in [0.1, 0.15) is 0 Å². The van der Waals surface area contributed by atoms with E-state index in [0.29, 0.717) is 16.3 Å². The molecule has 4 rings (SSSR count). The van der Waals surface area contributed by atoms with Gasteiger partial charge in [0, 0.05) is 18.1 Å². The predicted molar refractivity (Wildman–Crippen MR) is 97.6 cm³/mol. The highest BCUT2D eigenvalue weighted by atomic mass is 32.1. The molecule has 0 aliphatic carbocycles. The number of halogens is 1. The van der Waals surface area contributed by atoms with E-state index in [1.165, 1.54) is 17.4 Å². The van der Waals surface area contributed by atoms with Gasteiger partial charge in [0.05, 0.1) is 23.0 Å². The number of benzene rings is 2. The van der Waals surface area contributed by atoms with Crippen molar-refractivity contribution in [1.82, 2.24) is 15.2 Å². The largest absolute Gasteiger partial charge is 0.342 e. The maximum atomic E-state index is 13.8. The lowest BCUT2D eigenvalue weighted by atomic mass is 10.2. The number of carbonyl (C=O) groups is 1. The maximum absolute atomic E-state index is 13.8. The molecule has 8 heteroatoms. The molecule has 25 heavy (non-hydrogen) atoms. The van der Waals surface area contributed by atoms with Gasteiger partial charge in [0.2, 0.25) is 5.91 Å². The highest BCUT2D eigenvalue weighted by molar-refractivity contribution is 7.22. The third kappa shape index (κ3) is 3.03. The Morgan fingerprint density at radius 3 is 3.08 bits per heavy atom. The molecule has 0 unspecified atom stereocenters. The molecular formula is C17H14FN5OS. The number of nitrogens with one attached hydrogen (secondary N) is 2. The average molecular weight is 355 g/mol. The molecule has 2 heterocycles. The highest BCUT2D eigenvalue weighted by Crippen LogP contribution is 2.29. The molecule has 2 N–H and O–H groups in total. The van der Waals surface area contributed by atoms with Crippen molar-refractivity contribution >= 4 is 49.2 Å². The van der Waals surface area contributed by atoms with E-state index in [-0.39, 0.29) is 18.3 Å². The molecular weight excluding hydrogens is 341 g/mol. The van der Waals surface area contributed by atoms with Crippen molar-refractivity contribution in [2.45, 2.75) is 0 Å². The summed E-state index contributed by atoms with van der Waals surface area (Å²) < 4.78 is 14.5. The van der Waals surface area contributed by atoms with Crippen molar-refractivity contribution in [3.63, 3.8) is 0 Å². The van der Waals surface area contributed by atoms with Crippen LogP contribution >= 0.6 is 11.3 Å². The Kier molecular flexibility index (Phi) is 3.81. The fourth-order valence-corrected chi connectivity index (χ4v) is 3.51. The summed E-state index contributed by atoms with van der Waals surface area (Å²) in [4.78, 5) is 18.3. The second-order valence-corrected chi connectivity index (χ2v) is 6.67. The molecule has 0 saturated heterocycles. The minimum Gasteiger partial charge on any atom is -0.342 e. The van der Waals surface area contributed by atoms with Crippen LogP contribution in [0.25, 0.3) is 21.1 Å². The molecule has 1 amide bonds. The number of carbonyl (C=O) groups excluding carboxylic acids is 1. The molecule has 6 nitrogen and oxygen atoms in total. The van der Waals surface area contributed by atoms with E-state index in [1.54, 1.807) is 24.2 Å². The topological polar surface area (TPSA) is 73.9 Å². The third-order valence-electron chi connectivity index (χ3n) is 3.79. The van der Waals surface area contributed by atoms with Crippen molar-refractivity contribution in [3.05, 3.63) is 48.4 Å². The second-order valence-electron chi connectivity index (χ2n) is 5.66. The maximum Gasteiger partial charge on any atom is 0.243 e. The van der Waals surface area contributed by atoms with Gasteiger partial charge in [-0.25, -0.2) is 9.37 Å². The number of aromatic nitrogens is 3. The van der Waals surface area contributed by atoms with E-state index in [0.717, 1.165) is 15.6 Å². The number of thiazole rings is 1. The number of hydrogen-bond donors (Lipinski definition) is 2. The summed E-state index contributed by atoms with van der Waals surface area (Å²) in [5.74, 6) is -0.535. The Bertz CT molecular complexity index is 1070. The number of amides is 1. The van der Waals surface area contributed by atoms with Gasteiger partial charge in [0.1, 0.15) is 11.3 Å². The average Bonchev–Trinajstić information content (AvgIpc) is 3.21. The number of fused-ring (bicyclic) bond motifs is 2. The summed E-state index contributed by atoms with van der Waals surface area (Å²) in [5, 5.41) is 11.2. The van der Waals surface area contributed by atoms with E-state index in [2.05, 4.69) is 20.5 Å². The molecule has 0 saturated carbocycles. The van der Waals surface area contributed by atoms with Gasteiger partial charge >= 0.3 is 0 Å². The van der Waals surface area contributed by atoms with Crippen LogP contribution in [0.5, 0.6) is 0 Å². The fraction of sp³-hybridized carbons (Fsp3) is 0.118. The number of likely N-dealkylation sites (N-methyl/N-ethyl adjacent to an activating group) is 1. The Morgan fingerprint density at radius 2 is 2.24 bits per heavy atom. The smallest absolute Gasteiger partial charge is 0.243 e. The first-order valence-corrected chi connectivity index (χ1v) is 8.41. The molecule has 4 aromatic rings. The molecule has 0 aliphatic rings. The van der Waals surface area contributed by atoms with Crippen LogP contribution < -0.4 is 10.2 Å². The first-order chi connectivity index (χ1) is 12.1. The van der Waals surface area contributed by atoms with E-state index < -0.39 is 0 Å². The molecule has 2 aromatic carbocycles. The van der Waals surface area contributed by atoms with Gasteiger partial charge in [-0.15, -0.1) is 0 Å². The minimum atomic E-state index is -0.356. The third-order valence-corrected chi connectivity index (χ3v) is 4.93. The van der Waals surface area contributed by atoms with E-state index in [1.807, 2.05) is 24.3 Å². The van der Waals surface area contributed by atoms with Gasteiger partial charge in [-0.1, -0.05) is 17.4 Å². The second kappa shape index (κ2) is 6.14. The summed E-state index contributed by atoms with van der Waals surface area (Å²) in [6, 6.07) is 10.4. The summed E-state index contributed by atoms with van der Waals surface area (Å²) in [6.45, 7) is 0.114. The van der Waals surface area contributed by atoms with Crippen LogP contribution in [0.4, 0.5) is 15.2 Å². The monoisotopic (exact) mass is 355 g/mol. The Balaban J connectivity index is 1.48. The number of aromatic amines is 1. The number of hydrogen-bond acceptors (Lipinski definition) is 5. The number of anilines is 2. The first-order valence-electron chi connectivity index (χ1n) is 7.59. The summed E-state index contributed by atoms with van der Waals surface area (Å²) in [7, 11) is 1.76. The molecule has 0 atom stereocenters. The lowest BCUT2D eigenvalue weighted by molar-refractivity contribution is -0.114. The highest BCUT2D eigenvalue weighted by Gasteiger charge is 2.14. The van der Waals surface area contributed by atoms with E-state index in [4.69, 9.17) is 0 Å². The minimum absolute atomic E-state index is 0.114. The van der Waals surface area contributed by atoms with Gasteiger partial charge in [0.25, 0.3) is 0 Å². The zero-order valence-corrected chi connectivity index (χ0v) is 14.1. The van der Waals surface area contributed by atoms with E-state index in [9.17, 15) is 9.18 Å². The number of para-hydroxylation sites is 1. The Labute approximate surface area is 146 Å². The molecule has 0 fully saturated rings. The SMILES string of the molecule is CN(CC(=O)Nc1ccc2cn[nH]c2c1)c1nc2c(F)cccc2s1. The van der Waals surface area contributed by atoms with Crippen molar-refractivity contribution < 1.29 is 9.18 Å². The Hall–Kier alpha value is -3.00. The van der Waals surface area contributed by atoms with Crippen molar-refractivity contribution in [2.24, 2.45) is 0 Å². The quantitative estimate of drug-likeness (QED) is 0.588. The van der Waals surface area contributed by atoms with Gasteiger partial charge in [-0.05, 0) is 30.3 Å². The number of rotatable bonds is 4. The Morgan fingerprint density at radius 1 is 1.36 bits per heavy atom. The van der Waals surface area contributed by atoms with Gasteiger partial charge in [-0.3, -0.25) is 9.89 Å². The van der Waals surface area contributed by atoms with Crippen LogP contribution in [-0.4, -0.2) is 34.7 Å². The molecule has 0 aliphatic heterocycles. The molecule has 0 radical (unpaired) electrons. The van der Waals surface area contributed by atoms with Crippen LogP contribution in [0.15, 0.2) is 42.6 Å². The van der Waals surface area contributed by atoms with Crippen LogP contribution in [0.2, 0.25) is 0 Å². The number of H-pyrrole nitrogens is 1. The molecule has 126 valence electrons. The lowest BCUT2D eigenvalue weighted by Crippen LogP contribution is -2.29. The van der Waals surface area contributed by atoms with Crippen molar-refractivity contribution in [1.29, 1.82) is 0 Å². The zero-order chi connectivity index (χ0) is 17.4. The van der Waals surface area contributed by atoms with Crippen LogP contribution in [0, 0.1) is 5.82 Å². The molecule has 2 aromatic heterocycles. The van der Waals surface area contributed by atoms with Gasteiger partial charge < -0.3 is 10.2 Å². The van der Waals surface area contributed by atoms with E-state index >= 15 is 0 Å². The molecule has 0 bridgehead atoms. The summed E-state index contributed by atoms with van der Waals surface area (Å²) in [5.41, 5.74) is 1.87. The fourth-order valence-electron chi connectivity index (χ4n) is 2.56. The van der Waals surface area contributed by atoms with Crippen LogP contribution in [-0.2, 0) is 4.79 Å². The normalized spacial score (nSPS) is 11.1. The zero-order valence-electron chi connectivity index (χ0n) is 13.3. The predicted octanol–water partition coefficient (Wildman–Crippen LogP) is 3.39. The molecule has 0 spiro atoms. The lowest BCUT2D eigenvalue weighted by Gasteiger charge is -2.15. The van der Waals surface area contributed by atoms with Gasteiger partial charge in [-0.2, -0.15) is 5.10 Å². The number of nitrogens with zero attached hydrogens (tertiary/aromatic N) is 3. The van der Waals surface area contributed by atoms with Crippen molar-refractivity contribution in [2.75, 3.05) is 23.8 Å². The first kappa shape index (κ1) is 15.5. The van der Waals surface area contributed by atoms with Gasteiger partial charge in [0.15, 0.2) is 5.13 Å². The standard InChI is InChI=1S/C17H14FN5OS/c1-23(17-21-16-12(18)3-2-4-14(16)25-17)9-15(24)20-11-6-5-10-8-19-22-13(10)7-11/h2-8H,9H2,1H3,(H,19,22)(H,20,24). The summed E-state index contributed by atoms with van der Waals surface area (Å²) >= 11 is 1.35. The summed E-state index contributed by atoms with van der Waals surface area (Å²) in [6.07, 6.45) is 1.72.